The first kappa shape index (κ1) is 14.0. The van der Waals surface area contributed by atoms with Crippen LogP contribution < -0.4 is 10.5 Å². The van der Waals surface area contributed by atoms with Crippen molar-refractivity contribution < 1.29 is 9.53 Å². The van der Waals surface area contributed by atoms with Crippen LogP contribution in [0, 0.1) is 0 Å². The van der Waals surface area contributed by atoms with Gasteiger partial charge in [0.05, 0.1) is 5.56 Å². The largest absolute Gasteiger partial charge is 0.438 e. The van der Waals surface area contributed by atoms with Crippen LogP contribution in [0.25, 0.3) is 0 Å². The minimum absolute atomic E-state index is 0.102. The lowest BCUT2D eigenvalue weighted by Crippen LogP contribution is -2.00. The third-order valence-corrected chi connectivity index (χ3v) is 2.80. The van der Waals surface area contributed by atoms with Crippen molar-refractivity contribution in [1.82, 2.24) is 9.97 Å². The number of ketones is 1. The van der Waals surface area contributed by atoms with Crippen molar-refractivity contribution in [2.75, 3.05) is 5.73 Å². The van der Waals surface area contributed by atoms with E-state index in [0.717, 1.165) is 18.5 Å². The summed E-state index contributed by atoms with van der Waals surface area (Å²) in [6.45, 7) is 3.56. The molecule has 0 unspecified atom stereocenters. The summed E-state index contributed by atoms with van der Waals surface area (Å²) in [5, 5.41) is 0. The highest BCUT2D eigenvalue weighted by molar-refractivity contribution is 5.97. The predicted molar refractivity (Wildman–Crippen MR) is 77.0 cm³/mol. The molecule has 0 atom stereocenters. The van der Waals surface area contributed by atoms with Gasteiger partial charge in [0.15, 0.2) is 5.78 Å². The first-order valence-corrected chi connectivity index (χ1v) is 6.49. The van der Waals surface area contributed by atoms with Gasteiger partial charge in [0, 0.05) is 17.4 Å². The van der Waals surface area contributed by atoms with Gasteiger partial charge in [-0.2, -0.15) is 0 Å². The molecule has 2 rings (SSSR count). The maximum absolute atomic E-state index is 11.6. The number of hydrogen-bond acceptors (Lipinski definition) is 5. The molecule has 1 aromatic heterocycles. The van der Waals surface area contributed by atoms with E-state index in [1.165, 1.54) is 13.3 Å². The van der Waals surface area contributed by atoms with Crippen LogP contribution in [-0.2, 0) is 6.42 Å². The molecule has 0 amide bonds. The third-order valence-electron chi connectivity index (χ3n) is 2.80. The molecule has 0 aliphatic heterocycles. The van der Waals surface area contributed by atoms with Gasteiger partial charge in [0.25, 0.3) is 0 Å². The number of ether oxygens (including phenoxy) is 1. The summed E-state index contributed by atoms with van der Waals surface area (Å²) in [7, 11) is 0. The van der Waals surface area contributed by atoms with E-state index in [2.05, 4.69) is 16.9 Å². The highest BCUT2D eigenvalue weighted by Crippen LogP contribution is 2.26. The van der Waals surface area contributed by atoms with Gasteiger partial charge >= 0.3 is 0 Å². The second-order valence-corrected chi connectivity index (χ2v) is 4.51. The van der Waals surface area contributed by atoms with Gasteiger partial charge in [-0.3, -0.25) is 4.79 Å². The van der Waals surface area contributed by atoms with Crippen LogP contribution in [0.15, 0.2) is 30.6 Å². The molecule has 0 bridgehead atoms. The molecule has 5 nitrogen and oxygen atoms in total. The van der Waals surface area contributed by atoms with Gasteiger partial charge in [-0.15, -0.1) is 0 Å². The van der Waals surface area contributed by atoms with Crippen LogP contribution in [0.3, 0.4) is 0 Å². The Labute approximate surface area is 117 Å². The molecule has 20 heavy (non-hydrogen) atoms. The van der Waals surface area contributed by atoms with E-state index in [1.54, 1.807) is 24.3 Å². The van der Waals surface area contributed by atoms with E-state index in [0.29, 0.717) is 22.9 Å². The Bertz CT molecular complexity index is 626. The van der Waals surface area contributed by atoms with Crippen molar-refractivity contribution in [3.8, 4) is 11.6 Å². The zero-order valence-electron chi connectivity index (χ0n) is 11.6. The highest BCUT2D eigenvalue weighted by Gasteiger charge is 2.11. The Kier molecular flexibility index (Phi) is 4.30. The average molecular weight is 271 g/mol. The zero-order valence-corrected chi connectivity index (χ0v) is 11.6. The first-order chi connectivity index (χ1) is 9.60. The van der Waals surface area contributed by atoms with Crippen LogP contribution in [0.4, 0.5) is 5.69 Å². The molecule has 0 saturated carbocycles. The number of aryl methyl sites for hydroxylation is 1. The maximum atomic E-state index is 11.6. The molecular weight excluding hydrogens is 254 g/mol. The molecule has 2 N–H and O–H groups in total. The molecule has 1 heterocycles. The number of nitrogen functional groups attached to an aromatic ring is 1. The molecule has 0 spiro atoms. The van der Waals surface area contributed by atoms with Crippen molar-refractivity contribution in [2.45, 2.75) is 26.7 Å². The summed E-state index contributed by atoms with van der Waals surface area (Å²) in [6, 6.07) is 6.75. The topological polar surface area (TPSA) is 78.1 Å². The number of carbonyl (C=O) groups is 1. The Morgan fingerprint density at radius 2 is 2.10 bits per heavy atom. The van der Waals surface area contributed by atoms with Crippen molar-refractivity contribution in [3.05, 3.63) is 41.9 Å². The second-order valence-electron chi connectivity index (χ2n) is 4.51. The number of nitrogens with two attached hydrogens (primary N) is 1. The lowest BCUT2D eigenvalue weighted by molar-refractivity contribution is 0.101. The fourth-order valence-corrected chi connectivity index (χ4v) is 1.85. The van der Waals surface area contributed by atoms with E-state index in [9.17, 15) is 4.79 Å². The van der Waals surface area contributed by atoms with Crippen molar-refractivity contribution >= 4 is 11.5 Å². The quantitative estimate of drug-likeness (QED) is 0.668. The van der Waals surface area contributed by atoms with Crippen LogP contribution >= 0.6 is 0 Å². The smallest absolute Gasteiger partial charge is 0.222 e. The second kappa shape index (κ2) is 6.14. The number of Topliss-reactive ketones (excluding diaryl/α,β-unsaturated/α-hetero) is 1. The average Bonchev–Trinajstić information content (AvgIpc) is 2.41. The van der Waals surface area contributed by atoms with E-state index < -0.39 is 0 Å². The SMILES string of the molecule is CCCc1cc(Oc2ccc(N)cc2C(C)=O)ncn1. The molecule has 0 fully saturated rings. The van der Waals surface area contributed by atoms with Gasteiger partial charge in [0.2, 0.25) is 5.88 Å². The molecule has 104 valence electrons. The minimum atomic E-state index is -0.102. The van der Waals surface area contributed by atoms with Crippen LogP contribution in [-0.4, -0.2) is 15.8 Å². The van der Waals surface area contributed by atoms with Crippen molar-refractivity contribution in [2.24, 2.45) is 0 Å². The Morgan fingerprint density at radius 1 is 1.30 bits per heavy atom. The van der Waals surface area contributed by atoms with Gasteiger partial charge < -0.3 is 10.5 Å². The van der Waals surface area contributed by atoms with Crippen LogP contribution in [0.5, 0.6) is 11.6 Å². The Morgan fingerprint density at radius 3 is 2.80 bits per heavy atom. The van der Waals surface area contributed by atoms with E-state index in [4.69, 9.17) is 10.5 Å². The van der Waals surface area contributed by atoms with Crippen molar-refractivity contribution in [1.29, 1.82) is 0 Å². The summed E-state index contributed by atoms with van der Waals surface area (Å²) in [5.41, 5.74) is 7.57. The van der Waals surface area contributed by atoms with Gasteiger partial charge in [0.1, 0.15) is 12.1 Å². The zero-order chi connectivity index (χ0) is 14.5. The summed E-state index contributed by atoms with van der Waals surface area (Å²) >= 11 is 0. The number of anilines is 1. The first-order valence-electron chi connectivity index (χ1n) is 6.49. The molecule has 5 heteroatoms. The van der Waals surface area contributed by atoms with Crippen LogP contribution in [0.1, 0.15) is 36.3 Å². The summed E-state index contributed by atoms with van der Waals surface area (Å²) in [5.74, 6) is 0.777. The molecule has 1 aromatic carbocycles. The maximum Gasteiger partial charge on any atom is 0.222 e. The summed E-state index contributed by atoms with van der Waals surface area (Å²) in [4.78, 5) is 19.8. The molecule has 0 saturated heterocycles. The summed E-state index contributed by atoms with van der Waals surface area (Å²) in [6.07, 6.45) is 3.32. The lowest BCUT2D eigenvalue weighted by atomic mass is 10.1. The monoisotopic (exact) mass is 271 g/mol. The molecule has 0 aliphatic carbocycles. The highest BCUT2D eigenvalue weighted by atomic mass is 16.5. The van der Waals surface area contributed by atoms with Gasteiger partial charge in [-0.25, -0.2) is 9.97 Å². The lowest BCUT2D eigenvalue weighted by Gasteiger charge is -2.09. The number of carbonyl (C=O) groups excluding carboxylic acids is 1. The van der Waals surface area contributed by atoms with E-state index >= 15 is 0 Å². The standard InChI is InChI=1S/C15H17N3O2/c1-3-4-12-8-15(18-9-17-12)20-14-6-5-11(16)7-13(14)10(2)19/h5-9H,3-4,16H2,1-2H3. The number of benzene rings is 1. The Balaban J connectivity index is 2.30. The van der Waals surface area contributed by atoms with Crippen LogP contribution in [0.2, 0.25) is 0 Å². The Hall–Kier alpha value is -2.43. The normalized spacial score (nSPS) is 10.3. The molecule has 0 radical (unpaired) electrons. The number of nitrogens with zero attached hydrogens (tertiary/aromatic N) is 2. The van der Waals surface area contributed by atoms with Crippen molar-refractivity contribution in [3.63, 3.8) is 0 Å². The number of rotatable bonds is 5. The molecule has 0 aliphatic rings. The fourth-order valence-electron chi connectivity index (χ4n) is 1.85. The fraction of sp³-hybridized carbons (Fsp3) is 0.267. The molecule has 2 aromatic rings. The van der Waals surface area contributed by atoms with Gasteiger partial charge in [-0.1, -0.05) is 13.3 Å². The number of aromatic nitrogens is 2. The number of hydrogen-bond donors (Lipinski definition) is 1. The third kappa shape index (κ3) is 3.32. The molecular formula is C15H17N3O2. The summed E-state index contributed by atoms with van der Waals surface area (Å²) < 4.78 is 5.69. The van der Waals surface area contributed by atoms with E-state index in [1.807, 2.05) is 0 Å². The predicted octanol–water partition coefficient (Wildman–Crippen LogP) is 3.01. The van der Waals surface area contributed by atoms with Gasteiger partial charge in [-0.05, 0) is 31.5 Å². The van der Waals surface area contributed by atoms with E-state index in [-0.39, 0.29) is 5.78 Å². The minimum Gasteiger partial charge on any atom is -0.438 e.